The molecule has 0 radical (unpaired) electrons. The summed E-state index contributed by atoms with van der Waals surface area (Å²) in [5.74, 6) is 0.111. The van der Waals surface area contributed by atoms with Crippen molar-refractivity contribution in [3.63, 3.8) is 0 Å². The van der Waals surface area contributed by atoms with Gasteiger partial charge >= 0.3 is 6.09 Å². The van der Waals surface area contributed by atoms with Crippen molar-refractivity contribution in [1.29, 1.82) is 0 Å². The van der Waals surface area contributed by atoms with Crippen LogP contribution in [0.25, 0.3) is 0 Å². The minimum atomic E-state index is -1.28. The highest BCUT2D eigenvalue weighted by Gasteiger charge is 2.65. The second-order valence-electron chi connectivity index (χ2n) is 13.0. The molecule has 4 aliphatic rings. The quantitative estimate of drug-likeness (QED) is 0.100. The summed E-state index contributed by atoms with van der Waals surface area (Å²) in [4.78, 5) is 22.8. The SMILES string of the molecule is C=CCO[C@@]12Oc3ccc(OCCN4CC4)cc3[C@H]3[C@H](CCCCO)[C@@H](CCCCO)C=C(C(=NOCC)C[C@@H]1N(C)C(=O)OC)[C@H]32. The third-order valence-corrected chi connectivity index (χ3v) is 10.1. The summed E-state index contributed by atoms with van der Waals surface area (Å²) < 4.78 is 25.4. The highest BCUT2D eigenvalue weighted by atomic mass is 16.7. The first kappa shape index (κ1) is 35.2. The van der Waals surface area contributed by atoms with Crippen LogP contribution >= 0.6 is 0 Å². The Kier molecular flexibility index (Phi) is 12.2. The number of oxime groups is 1. The first-order chi connectivity index (χ1) is 22.9. The normalized spacial score (nSPS) is 28.4. The van der Waals surface area contributed by atoms with E-state index in [-0.39, 0.29) is 43.5 Å². The Morgan fingerprint density at radius 2 is 1.96 bits per heavy atom. The van der Waals surface area contributed by atoms with Crippen molar-refractivity contribution < 1.29 is 38.8 Å². The van der Waals surface area contributed by atoms with Gasteiger partial charge in [-0.2, -0.15) is 0 Å². The molecule has 0 unspecified atom stereocenters. The third kappa shape index (κ3) is 7.63. The van der Waals surface area contributed by atoms with E-state index in [0.29, 0.717) is 31.8 Å². The van der Waals surface area contributed by atoms with Gasteiger partial charge in [0.05, 0.1) is 25.3 Å². The fourth-order valence-corrected chi connectivity index (χ4v) is 7.82. The third-order valence-electron chi connectivity index (χ3n) is 10.1. The van der Waals surface area contributed by atoms with Gasteiger partial charge in [-0.3, -0.25) is 4.90 Å². The van der Waals surface area contributed by atoms with E-state index in [1.165, 1.54) is 7.11 Å². The molecule has 1 amide bonds. The summed E-state index contributed by atoms with van der Waals surface area (Å²) in [6.07, 6.45) is 8.82. The van der Waals surface area contributed by atoms with Gasteiger partial charge in [0.15, 0.2) is 0 Å². The first-order valence-electron chi connectivity index (χ1n) is 17.3. The minimum Gasteiger partial charge on any atom is -0.492 e. The molecular weight excluding hydrogens is 602 g/mol. The fraction of sp³-hybridized carbons (Fsp3) is 0.667. The predicted molar refractivity (Wildman–Crippen MR) is 179 cm³/mol. The number of aliphatic hydroxyl groups excluding tert-OH is 2. The highest BCUT2D eigenvalue weighted by Crippen LogP contribution is 2.61. The van der Waals surface area contributed by atoms with Gasteiger partial charge in [0.2, 0.25) is 5.79 Å². The van der Waals surface area contributed by atoms with Gasteiger partial charge in [-0.05, 0) is 68.2 Å². The van der Waals surface area contributed by atoms with E-state index in [1.807, 2.05) is 19.1 Å². The molecule has 1 saturated heterocycles. The van der Waals surface area contributed by atoms with Crippen LogP contribution in [0, 0.1) is 17.8 Å². The lowest BCUT2D eigenvalue weighted by Crippen LogP contribution is -2.69. The number of rotatable bonds is 18. The van der Waals surface area contributed by atoms with Gasteiger partial charge in [0.25, 0.3) is 0 Å². The molecule has 260 valence electrons. The maximum atomic E-state index is 13.2. The molecule has 1 saturated carbocycles. The highest BCUT2D eigenvalue weighted by molar-refractivity contribution is 6.02. The maximum Gasteiger partial charge on any atom is 0.409 e. The summed E-state index contributed by atoms with van der Waals surface area (Å²) in [5.41, 5.74) is 2.81. The smallest absolute Gasteiger partial charge is 0.409 e. The number of nitrogens with zero attached hydrogens (tertiary/aromatic N) is 3. The van der Waals surface area contributed by atoms with E-state index in [0.717, 1.165) is 74.3 Å². The topological polar surface area (TPSA) is 122 Å². The second kappa shape index (κ2) is 16.3. The van der Waals surface area contributed by atoms with Crippen molar-refractivity contribution in [3.8, 4) is 11.5 Å². The summed E-state index contributed by atoms with van der Waals surface area (Å²) in [7, 11) is 3.08. The van der Waals surface area contributed by atoms with Gasteiger partial charge in [-0.1, -0.05) is 30.1 Å². The molecule has 11 heteroatoms. The Morgan fingerprint density at radius 1 is 1.19 bits per heavy atom. The van der Waals surface area contributed by atoms with Crippen molar-refractivity contribution in [2.75, 3.05) is 66.8 Å². The van der Waals surface area contributed by atoms with E-state index in [1.54, 1.807) is 18.0 Å². The fourth-order valence-electron chi connectivity index (χ4n) is 7.82. The molecular formula is C36H53N3O8. The molecule has 2 aliphatic heterocycles. The number of likely N-dealkylation sites (N-methyl/N-ethyl adjacent to an activating group) is 1. The van der Waals surface area contributed by atoms with Crippen molar-refractivity contribution in [3.05, 3.63) is 48.1 Å². The van der Waals surface area contributed by atoms with Crippen molar-refractivity contribution in [2.45, 2.75) is 69.6 Å². The molecule has 1 aromatic rings. The molecule has 5 rings (SSSR count). The van der Waals surface area contributed by atoms with E-state index < -0.39 is 17.9 Å². The van der Waals surface area contributed by atoms with Crippen LogP contribution < -0.4 is 9.47 Å². The number of unbranched alkanes of at least 4 members (excludes halogenated alkanes) is 2. The molecule has 2 heterocycles. The van der Waals surface area contributed by atoms with E-state index >= 15 is 0 Å². The molecule has 6 atom stereocenters. The van der Waals surface area contributed by atoms with Crippen LogP contribution in [0.3, 0.4) is 0 Å². The molecule has 1 aromatic carbocycles. The van der Waals surface area contributed by atoms with E-state index in [9.17, 15) is 15.0 Å². The number of carbonyl (C=O) groups is 1. The van der Waals surface area contributed by atoms with Crippen LogP contribution in [0.4, 0.5) is 4.79 Å². The lowest BCUT2D eigenvalue weighted by molar-refractivity contribution is -0.253. The monoisotopic (exact) mass is 655 g/mol. The zero-order valence-corrected chi connectivity index (χ0v) is 28.3. The van der Waals surface area contributed by atoms with E-state index in [2.05, 4.69) is 28.8 Å². The number of methoxy groups -OCH3 is 1. The predicted octanol–water partition coefficient (Wildman–Crippen LogP) is 4.73. The lowest BCUT2D eigenvalue weighted by Gasteiger charge is -2.59. The summed E-state index contributed by atoms with van der Waals surface area (Å²) in [6.45, 7) is 10.5. The standard InChI is InChI=1S/C36H53N3O8/c1-5-20-45-36-32(38(3)35(42)43-4)24-30(37-46-6-2)28-22-25(11-7-9-18-40)27(12-8-10-19-41)33(34(28)36)29-23-26(13-14-31(29)47-36)44-21-17-39-15-16-39/h5,13-14,22-23,25,27,32-34,40-41H,1,6-12,15-21,24H2,2-4H3/t25-,27+,32-,33+,34+,36+/m0/s1. The number of hydrogen-bond donors (Lipinski definition) is 2. The zero-order chi connectivity index (χ0) is 33.4. The average molecular weight is 656 g/mol. The van der Waals surface area contributed by atoms with Crippen molar-refractivity contribution in [1.82, 2.24) is 9.80 Å². The molecule has 0 spiro atoms. The minimum absolute atomic E-state index is 0.0854. The summed E-state index contributed by atoms with van der Waals surface area (Å²) in [5, 5.41) is 24.1. The Balaban J connectivity index is 1.70. The van der Waals surface area contributed by atoms with Crippen molar-refractivity contribution in [2.24, 2.45) is 22.9 Å². The van der Waals surface area contributed by atoms with Gasteiger partial charge < -0.3 is 38.9 Å². The molecule has 0 aromatic heterocycles. The lowest BCUT2D eigenvalue weighted by atomic mass is 9.55. The number of benzene rings is 1. The largest absolute Gasteiger partial charge is 0.492 e. The zero-order valence-electron chi connectivity index (χ0n) is 28.3. The Labute approximate surface area is 279 Å². The number of carbonyl (C=O) groups excluding carboxylic acids is 1. The average Bonchev–Trinajstić information content (AvgIpc) is 3.92. The van der Waals surface area contributed by atoms with Crippen LogP contribution in [-0.2, 0) is 14.3 Å². The number of amides is 1. The van der Waals surface area contributed by atoms with Crippen LogP contribution in [0.15, 0.2) is 47.7 Å². The molecule has 2 N–H and O–H groups in total. The van der Waals surface area contributed by atoms with Gasteiger partial charge in [0.1, 0.15) is 30.8 Å². The van der Waals surface area contributed by atoms with Gasteiger partial charge in [0, 0.05) is 57.8 Å². The summed E-state index contributed by atoms with van der Waals surface area (Å²) in [6, 6.07) is 5.45. The molecule has 2 aliphatic carbocycles. The van der Waals surface area contributed by atoms with Crippen LogP contribution in [0.1, 0.15) is 63.4 Å². The number of allylic oxidation sites excluding steroid dienone is 1. The number of aliphatic hydroxyl groups is 2. The van der Waals surface area contributed by atoms with Gasteiger partial charge in [-0.25, -0.2) is 4.79 Å². The summed E-state index contributed by atoms with van der Waals surface area (Å²) >= 11 is 0. The second-order valence-corrected chi connectivity index (χ2v) is 13.0. The van der Waals surface area contributed by atoms with Crippen LogP contribution in [0.5, 0.6) is 11.5 Å². The first-order valence-corrected chi connectivity index (χ1v) is 17.3. The Morgan fingerprint density at radius 3 is 2.64 bits per heavy atom. The van der Waals surface area contributed by atoms with Crippen LogP contribution in [0.2, 0.25) is 0 Å². The molecule has 2 fully saturated rings. The van der Waals surface area contributed by atoms with Crippen molar-refractivity contribution >= 4 is 11.8 Å². The Hall–Kier alpha value is -3.12. The number of fused-ring (bicyclic) bond motifs is 2. The maximum absolute atomic E-state index is 13.2. The number of ether oxygens (including phenoxy) is 4. The van der Waals surface area contributed by atoms with Gasteiger partial charge in [-0.15, -0.1) is 6.58 Å². The van der Waals surface area contributed by atoms with E-state index in [4.69, 9.17) is 23.8 Å². The number of hydrogen-bond acceptors (Lipinski definition) is 10. The Bertz CT molecular complexity index is 1280. The molecule has 11 nitrogen and oxygen atoms in total. The van der Waals surface area contributed by atoms with Crippen LogP contribution in [-0.4, -0.2) is 110 Å². The molecule has 47 heavy (non-hydrogen) atoms. The molecule has 0 bridgehead atoms.